The number of ether oxygens (including phenoxy) is 1. The summed E-state index contributed by atoms with van der Waals surface area (Å²) < 4.78 is 41.7. The molecule has 2 aromatic carbocycles. The molecular weight excluding hydrogens is 397 g/mol. The van der Waals surface area contributed by atoms with Crippen molar-refractivity contribution in [3.63, 3.8) is 0 Å². The van der Waals surface area contributed by atoms with Crippen LogP contribution in [0.3, 0.4) is 0 Å². The molecule has 2 amide bonds. The zero-order valence-corrected chi connectivity index (χ0v) is 16.5. The predicted molar refractivity (Wildman–Crippen MR) is 106 cm³/mol. The lowest BCUT2D eigenvalue weighted by Crippen LogP contribution is -2.43. The van der Waals surface area contributed by atoms with Crippen LogP contribution in [0.1, 0.15) is 28.8 Å². The molecule has 0 aliphatic carbocycles. The van der Waals surface area contributed by atoms with E-state index < -0.39 is 18.7 Å². The Bertz CT molecular complexity index is 897. The van der Waals surface area contributed by atoms with Crippen molar-refractivity contribution in [3.8, 4) is 5.75 Å². The maximum Gasteiger partial charge on any atom is 0.422 e. The number of hydrogen-bond acceptors (Lipinski definition) is 3. The largest absolute Gasteiger partial charge is 0.484 e. The van der Waals surface area contributed by atoms with Gasteiger partial charge in [0.1, 0.15) is 5.75 Å². The Morgan fingerprint density at radius 1 is 1.17 bits per heavy atom. The molecule has 0 bridgehead atoms. The predicted octanol–water partition coefficient (Wildman–Crippen LogP) is 4.43. The highest BCUT2D eigenvalue weighted by Crippen LogP contribution is 2.24. The van der Waals surface area contributed by atoms with Gasteiger partial charge in [-0.1, -0.05) is 23.8 Å². The maximum atomic E-state index is 12.7. The Hall–Kier alpha value is -3.03. The number of halogens is 3. The molecular formula is C22H23F3N2O3. The van der Waals surface area contributed by atoms with Gasteiger partial charge in [-0.3, -0.25) is 9.59 Å². The summed E-state index contributed by atoms with van der Waals surface area (Å²) in [6.45, 7) is 1.42. The van der Waals surface area contributed by atoms with E-state index in [2.05, 4.69) is 5.32 Å². The van der Waals surface area contributed by atoms with Crippen LogP contribution < -0.4 is 10.1 Å². The van der Waals surface area contributed by atoms with Crippen LogP contribution in [0.5, 0.6) is 5.75 Å². The SMILES string of the molecule is Cc1ccc(C(=O)N2CCCC(C(=O)Nc3cccc(OCC(F)(F)F)c3)C2)cc1. The molecule has 1 aliphatic rings. The van der Waals surface area contributed by atoms with Gasteiger partial charge in [0.05, 0.1) is 5.92 Å². The number of rotatable bonds is 5. The van der Waals surface area contributed by atoms with Gasteiger partial charge in [-0.25, -0.2) is 0 Å². The van der Waals surface area contributed by atoms with Crippen molar-refractivity contribution in [3.05, 3.63) is 59.7 Å². The minimum atomic E-state index is -4.44. The zero-order valence-electron chi connectivity index (χ0n) is 16.5. The van der Waals surface area contributed by atoms with Gasteiger partial charge >= 0.3 is 6.18 Å². The molecule has 1 fully saturated rings. The van der Waals surface area contributed by atoms with Gasteiger partial charge < -0.3 is 15.0 Å². The van der Waals surface area contributed by atoms with Gasteiger partial charge in [0, 0.05) is 30.4 Å². The Morgan fingerprint density at radius 3 is 2.60 bits per heavy atom. The lowest BCUT2D eigenvalue weighted by Gasteiger charge is -2.32. The lowest BCUT2D eigenvalue weighted by molar-refractivity contribution is -0.153. The van der Waals surface area contributed by atoms with Crippen molar-refractivity contribution in [1.29, 1.82) is 0 Å². The van der Waals surface area contributed by atoms with E-state index in [1.807, 2.05) is 19.1 Å². The Morgan fingerprint density at radius 2 is 1.90 bits per heavy atom. The number of carbonyl (C=O) groups excluding carboxylic acids is 2. The number of nitrogens with one attached hydrogen (secondary N) is 1. The summed E-state index contributed by atoms with van der Waals surface area (Å²) >= 11 is 0. The van der Waals surface area contributed by atoms with Crippen LogP contribution in [0.2, 0.25) is 0 Å². The summed E-state index contributed by atoms with van der Waals surface area (Å²) in [5.74, 6) is -0.766. The fraction of sp³-hybridized carbons (Fsp3) is 0.364. The van der Waals surface area contributed by atoms with Crippen molar-refractivity contribution < 1.29 is 27.5 Å². The number of likely N-dealkylation sites (tertiary alicyclic amines) is 1. The van der Waals surface area contributed by atoms with Crippen LogP contribution in [0.25, 0.3) is 0 Å². The van der Waals surface area contributed by atoms with Gasteiger partial charge in [0.2, 0.25) is 5.91 Å². The molecule has 1 unspecified atom stereocenters. The van der Waals surface area contributed by atoms with Gasteiger partial charge in [0.25, 0.3) is 5.91 Å². The number of alkyl halides is 3. The van der Waals surface area contributed by atoms with Crippen LogP contribution in [-0.4, -0.2) is 42.6 Å². The van der Waals surface area contributed by atoms with E-state index in [0.717, 1.165) is 5.56 Å². The van der Waals surface area contributed by atoms with E-state index in [0.29, 0.717) is 37.2 Å². The normalized spacial score (nSPS) is 16.8. The Balaban J connectivity index is 1.60. The average Bonchev–Trinajstić information content (AvgIpc) is 2.72. The number of anilines is 1. The summed E-state index contributed by atoms with van der Waals surface area (Å²) in [7, 11) is 0. The minimum Gasteiger partial charge on any atom is -0.484 e. The molecule has 0 spiro atoms. The number of amides is 2. The molecule has 0 radical (unpaired) electrons. The second kappa shape index (κ2) is 9.19. The van der Waals surface area contributed by atoms with E-state index in [1.165, 1.54) is 18.2 Å². The van der Waals surface area contributed by atoms with Gasteiger partial charge in [-0.2, -0.15) is 13.2 Å². The van der Waals surface area contributed by atoms with E-state index in [4.69, 9.17) is 4.74 Å². The van der Waals surface area contributed by atoms with Crippen molar-refractivity contribution in [2.75, 3.05) is 25.0 Å². The number of nitrogens with zero attached hydrogens (tertiary/aromatic N) is 1. The monoisotopic (exact) mass is 420 g/mol. The molecule has 1 atom stereocenters. The molecule has 160 valence electrons. The number of benzene rings is 2. The van der Waals surface area contributed by atoms with Crippen LogP contribution in [0, 0.1) is 12.8 Å². The quantitative estimate of drug-likeness (QED) is 0.779. The summed E-state index contributed by atoms with van der Waals surface area (Å²) in [5.41, 5.74) is 1.99. The summed E-state index contributed by atoms with van der Waals surface area (Å²) in [6, 6.07) is 13.1. The van der Waals surface area contributed by atoms with E-state index >= 15 is 0 Å². The number of hydrogen-bond donors (Lipinski definition) is 1. The first-order valence-corrected chi connectivity index (χ1v) is 9.68. The first-order valence-electron chi connectivity index (χ1n) is 9.68. The highest BCUT2D eigenvalue weighted by Gasteiger charge is 2.30. The first kappa shape index (κ1) is 21.7. The van der Waals surface area contributed by atoms with Crippen LogP contribution in [-0.2, 0) is 4.79 Å². The first-order chi connectivity index (χ1) is 14.2. The van der Waals surface area contributed by atoms with Crippen LogP contribution >= 0.6 is 0 Å². The summed E-state index contributed by atoms with van der Waals surface area (Å²) in [5, 5.41) is 2.72. The number of piperidine rings is 1. The fourth-order valence-electron chi connectivity index (χ4n) is 3.33. The van der Waals surface area contributed by atoms with Crippen molar-refractivity contribution in [2.45, 2.75) is 25.9 Å². The summed E-state index contributed by atoms with van der Waals surface area (Å²) in [6.07, 6.45) is -3.10. The zero-order chi connectivity index (χ0) is 21.7. The summed E-state index contributed by atoms with van der Waals surface area (Å²) in [4.78, 5) is 27.1. The van der Waals surface area contributed by atoms with Gasteiger partial charge in [-0.15, -0.1) is 0 Å². The van der Waals surface area contributed by atoms with E-state index in [1.54, 1.807) is 23.1 Å². The molecule has 1 N–H and O–H groups in total. The molecule has 1 aliphatic heterocycles. The second-order valence-electron chi connectivity index (χ2n) is 7.38. The molecule has 2 aromatic rings. The van der Waals surface area contributed by atoms with Crippen LogP contribution in [0.4, 0.5) is 18.9 Å². The third-order valence-electron chi connectivity index (χ3n) is 4.88. The molecule has 1 saturated heterocycles. The molecule has 0 aromatic heterocycles. The third kappa shape index (κ3) is 5.98. The Kier molecular flexibility index (Phi) is 6.64. The van der Waals surface area contributed by atoms with E-state index in [-0.39, 0.29) is 17.6 Å². The molecule has 5 nitrogen and oxygen atoms in total. The van der Waals surface area contributed by atoms with E-state index in [9.17, 15) is 22.8 Å². The minimum absolute atomic E-state index is 0.0185. The molecule has 0 saturated carbocycles. The maximum absolute atomic E-state index is 12.7. The fourth-order valence-corrected chi connectivity index (χ4v) is 3.33. The topological polar surface area (TPSA) is 58.6 Å². The van der Waals surface area contributed by atoms with Crippen molar-refractivity contribution >= 4 is 17.5 Å². The Labute approximate surface area is 172 Å². The highest BCUT2D eigenvalue weighted by molar-refractivity contribution is 5.96. The van der Waals surface area contributed by atoms with Crippen LogP contribution in [0.15, 0.2) is 48.5 Å². The molecule has 3 rings (SSSR count). The number of aryl methyl sites for hydroxylation is 1. The van der Waals surface area contributed by atoms with Crippen molar-refractivity contribution in [1.82, 2.24) is 4.90 Å². The molecule has 8 heteroatoms. The highest BCUT2D eigenvalue weighted by atomic mass is 19.4. The molecule has 1 heterocycles. The average molecular weight is 420 g/mol. The third-order valence-corrected chi connectivity index (χ3v) is 4.88. The molecule has 30 heavy (non-hydrogen) atoms. The van der Waals surface area contributed by atoms with Gasteiger partial charge in [0.15, 0.2) is 6.61 Å². The van der Waals surface area contributed by atoms with Crippen molar-refractivity contribution in [2.24, 2.45) is 5.92 Å². The number of carbonyl (C=O) groups is 2. The lowest BCUT2D eigenvalue weighted by atomic mass is 9.96. The smallest absolute Gasteiger partial charge is 0.422 e. The standard InChI is InChI=1S/C22H23F3N2O3/c1-15-7-9-16(10-8-15)21(29)27-11-3-4-17(13-27)20(28)26-18-5-2-6-19(12-18)30-14-22(23,24)25/h2,5-10,12,17H,3-4,11,13-14H2,1H3,(H,26,28). The second-order valence-corrected chi connectivity index (χ2v) is 7.38. The van der Waals surface area contributed by atoms with Gasteiger partial charge in [-0.05, 0) is 44.0 Å².